The normalized spacial score (nSPS) is 11.3. The highest BCUT2D eigenvalue weighted by molar-refractivity contribution is 5.89. The third-order valence-corrected chi connectivity index (χ3v) is 5.60. The first-order valence-electron chi connectivity index (χ1n) is 10.4. The van der Waals surface area contributed by atoms with Crippen molar-refractivity contribution in [3.63, 3.8) is 0 Å². The number of hydrogen-bond donors (Lipinski definition) is 0. The Labute approximate surface area is 189 Å². The highest BCUT2D eigenvalue weighted by Crippen LogP contribution is 2.32. The molecule has 0 aliphatic heterocycles. The largest absolute Gasteiger partial charge is 0.275 e. The Hall–Kier alpha value is -4.07. The molecule has 5 rings (SSSR count). The lowest BCUT2D eigenvalue weighted by atomic mass is 10.0. The van der Waals surface area contributed by atoms with E-state index in [1.165, 1.54) is 6.07 Å². The molecule has 0 aliphatic carbocycles. The first kappa shape index (κ1) is 20.8. The zero-order chi connectivity index (χ0) is 23.3. The van der Waals surface area contributed by atoms with Gasteiger partial charge in [-0.1, -0.05) is 18.2 Å². The van der Waals surface area contributed by atoms with Gasteiger partial charge < -0.3 is 0 Å². The average Bonchev–Trinajstić information content (AvgIpc) is 3.23. The van der Waals surface area contributed by atoms with Crippen LogP contribution in [0.2, 0.25) is 0 Å². The summed E-state index contributed by atoms with van der Waals surface area (Å²) >= 11 is 0. The van der Waals surface area contributed by atoms with Crippen molar-refractivity contribution in [1.29, 1.82) is 0 Å². The van der Waals surface area contributed by atoms with E-state index in [9.17, 15) is 8.78 Å². The molecule has 0 amide bonds. The fourth-order valence-electron chi connectivity index (χ4n) is 3.68. The molecule has 0 spiro atoms. The highest BCUT2D eigenvalue weighted by atomic mass is 19.1. The average molecular weight is 442 g/mol. The summed E-state index contributed by atoms with van der Waals surface area (Å²) in [4.78, 5) is 18.5. The summed E-state index contributed by atoms with van der Waals surface area (Å²) in [6, 6.07) is 10.0. The van der Waals surface area contributed by atoms with E-state index < -0.39 is 11.6 Å². The minimum Gasteiger partial charge on any atom is -0.275 e. The van der Waals surface area contributed by atoms with E-state index in [2.05, 4.69) is 25.0 Å². The zero-order valence-corrected chi connectivity index (χ0v) is 18.6. The minimum atomic E-state index is -0.715. The molecule has 0 unspecified atom stereocenters. The van der Waals surface area contributed by atoms with Crippen LogP contribution in [0.25, 0.3) is 44.9 Å². The number of nitrogens with zero attached hydrogens (tertiary/aromatic N) is 6. The molecule has 0 fully saturated rings. The van der Waals surface area contributed by atoms with E-state index in [0.29, 0.717) is 28.2 Å². The molecule has 3 heterocycles. The van der Waals surface area contributed by atoms with Gasteiger partial charge in [-0.15, -0.1) is 0 Å². The van der Waals surface area contributed by atoms with E-state index in [1.807, 2.05) is 51.4 Å². The molecule has 0 saturated heterocycles. The Bertz CT molecular complexity index is 1540. The third-order valence-electron chi connectivity index (χ3n) is 5.60. The maximum absolute atomic E-state index is 14.9. The molecule has 0 atom stereocenters. The quantitative estimate of drug-likeness (QED) is 0.376. The van der Waals surface area contributed by atoms with Crippen LogP contribution in [0.3, 0.4) is 0 Å². The maximum Gasteiger partial charge on any atom is 0.182 e. The first-order valence-corrected chi connectivity index (χ1v) is 10.4. The second-order valence-corrected chi connectivity index (χ2v) is 8.03. The van der Waals surface area contributed by atoms with Gasteiger partial charge in [0.15, 0.2) is 11.5 Å². The van der Waals surface area contributed by atoms with Crippen LogP contribution in [0.5, 0.6) is 0 Å². The van der Waals surface area contributed by atoms with Crippen LogP contribution in [0.1, 0.15) is 17.0 Å². The summed E-state index contributed by atoms with van der Waals surface area (Å²) in [5, 5.41) is 4.23. The summed E-state index contributed by atoms with van der Waals surface area (Å²) in [5.74, 6) is -0.951. The maximum atomic E-state index is 14.9. The molecule has 5 aromatic rings. The van der Waals surface area contributed by atoms with Crippen molar-refractivity contribution in [2.24, 2.45) is 7.05 Å². The van der Waals surface area contributed by atoms with Gasteiger partial charge in [0.1, 0.15) is 22.8 Å². The second kappa shape index (κ2) is 7.81. The second-order valence-electron chi connectivity index (χ2n) is 8.03. The molecule has 3 aromatic heterocycles. The Morgan fingerprint density at radius 1 is 0.788 bits per heavy atom. The van der Waals surface area contributed by atoms with E-state index in [0.717, 1.165) is 28.5 Å². The van der Waals surface area contributed by atoms with E-state index >= 15 is 0 Å². The van der Waals surface area contributed by atoms with Crippen molar-refractivity contribution in [3.8, 4) is 33.8 Å². The van der Waals surface area contributed by atoms with Gasteiger partial charge in [-0.25, -0.2) is 28.7 Å². The molecule has 164 valence electrons. The number of rotatable bonds is 3. The van der Waals surface area contributed by atoms with Crippen LogP contribution in [0.15, 0.2) is 48.8 Å². The van der Waals surface area contributed by atoms with E-state index in [4.69, 9.17) is 0 Å². The van der Waals surface area contributed by atoms with Crippen molar-refractivity contribution in [2.75, 3.05) is 0 Å². The topological polar surface area (TPSA) is 69.4 Å². The predicted molar refractivity (Wildman–Crippen MR) is 122 cm³/mol. The number of halogens is 2. The summed E-state index contributed by atoms with van der Waals surface area (Å²) in [5.41, 5.74) is 5.51. The molecule has 0 bridgehead atoms. The van der Waals surface area contributed by atoms with Gasteiger partial charge in [-0.2, -0.15) is 5.10 Å². The van der Waals surface area contributed by atoms with Crippen LogP contribution in [-0.2, 0) is 7.05 Å². The zero-order valence-electron chi connectivity index (χ0n) is 18.6. The van der Waals surface area contributed by atoms with Gasteiger partial charge in [0, 0.05) is 36.0 Å². The van der Waals surface area contributed by atoms with Crippen molar-refractivity contribution < 1.29 is 8.78 Å². The molecule has 0 saturated carbocycles. The molecule has 6 nitrogen and oxygen atoms in total. The Balaban J connectivity index is 1.77. The number of hydrogen-bond acceptors (Lipinski definition) is 5. The van der Waals surface area contributed by atoms with Gasteiger partial charge in [-0.3, -0.25) is 4.68 Å². The lowest BCUT2D eigenvalue weighted by Crippen LogP contribution is -2.03. The molecule has 33 heavy (non-hydrogen) atoms. The van der Waals surface area contributed by atoms with Crippen LogP contribution >= 0.6 is 0 Å². The predicted octanol–water partition coefficient (Wildman–Crippen LogP) is 5.36. The molecular weight excluding hydrogens is 422 g/mol. The minimum absolute atomic E-state index is 0.156. The summed E-state index contributed by atoms with van der Waals surface area (Å²) in [6.45, 7) is 5.25. The van der Waals surface area contributed by atoms with E-state index in [1.54, 1.807) is 17.8 Å². The standard InChI is InChI=1S/C25H20F2N6/c1-13-8-19(21(27)10-20(13)26)22-23-25(30-15(3)14(2)29-23)32-24(31-22)17-7-5-6-16(9-17)18-11-28-33(4)12-18/h5-12H,1-4H3. The van der Waals surface area contributed by atoms with Crippen LogP contribution < -0.4 is 0 Å². The Morgan fingerprint density at radius 3 is 2.30 bits per heavy atom. The number of aromatic nitrogens is 6. The fourth-order valence-corrected chi connectivity index (χ4v) is 3.68. The summed E-state index contributed by atoms with van der Waals surface area (Å²) in [6.07, 6.45) is 3.69. The van der Waals surface area contributed by atoms with Gasteiger partial charge >= 0.3 is 0 Å². The van der Waals surface area contributed by atoms with Crippen molar-refractivity contribution in [3.05, 3.63) is 77.4 Å². The number of fused-ring (bicyclic) bond motifs is 1. The van der Waals surface area contributed by atoms with Gasteiger partial charge in [0.25, 0.3) is 0 Å². The molecular formula is C25H20F2N6. The van der Waals surface area contributed by atoms with Gasteiger partial charge in [-0.05, 0) is 44.0 Å². The molecule has 8 heteroatoms. The van der Waals surface area contributed by atoms with Crippen molar-refractivity contribution in [1.82, 2.24) is 29.7 Å². The van der Waals surface area contributed by atoms with Gasteiger partial charge in [0.05, 0.1) is 17.6 Å². The Kier molecular flexibility index (Phi) is 4.92. The third kappa shape index (κ3) is 3.73. The van der Waals surface area contributed by atoms with Crippen LogP contribution in [0.4, 0.5) is 8.78 Å². The molecule has 0 aliphatic rings. The molecule has 0 N–H and O–H groups in total. The first-order chi connectivity index (χ1) is 15.8. The smallest absolute Gasteiger partial charge is 0.182 e. The monoisotopic (exact) mass is 442 g/mol. The van der Waals surface area contributed by atoms with Gasteiger partial charge in [0.2, 0.25) is 0 Å². The molecule has 2 aromatic carbocycles. The fraction of sp³-hybridized carbons (Fsp3) is 0.160. The van der Waals surface area contributed by atoms with E-state index in [-0.39, 0.29) is 11.3 Å². The van der Waals surface area contributed by atoms with Crippen LogP contribution in [0, 0.1) is 32.4 Å². The highest BCUT2D eigenvalue weighted by Gasteiger charge is 2.19. The van der Waals surface area contributed by atoms with Crippen molar-refractivity contribution >= 4 is 11.2 Å². The lowest BCUT2D eigenvalue weighted by Gasteiger charge is -2.12. The van der Waals surface area contributed by atoms with Crippen LogP contribution in [-0.4, -0.2) is 29.7 Å². The van der Waals surface area contributed by atoms with Crippen molar-refractivity contribution in [2.45, 2.75) is 20.8 Å². The summed E-state index contributed by atoms with van der Waals surface area (Å²) in [7, 11) is 1.86. The number of benzene rings is 2. The number of aryl methyl sites for hydroxylation is 4. The SMILES string of the molecule is Cc1cc(-c2nc(-c3cccc(-c4cnn(C)c4)c3)nc3nc(C)c(C)nc23)c(F)cc1F. The summed E-state index contributed by atoms with van der Waals surface area (Å²) < 4.78 is 30.6. The lowest BCUT2D eigenvalue weighted by molar-refractivity contribution is 0.579. The molecule has 0 radical (unpaired) electrons. The Morgan fingerprint density at radius 2 is 1.55 bits per heavy atom.